The van der Waals surface area contributed by atoms with Crippen LogP contribution in [0.15, 0.2) is 18.2 Å². The van der Waals surface area contributed by atoms with Gasteiger partial charge >= 0.3 is 0 Å². The fraction of sp³-hybridized carbons (Fsp3) is 0.682. The second-order valence-electron chi connectivity index (χ2n) is 8.92. The number of fused-ring (bicyclic) bond motifs is 1. The summed E-state index contributed by atoms with van der Waals surface area (Å²) in [5, 5.41) is 0. The molecule has 1 aliphatic carbocycles. The van der Waals surface area contributed by atoms with Gasteiger partial charge in [0.05, 0.1) is 6.04 Å². The van der Waals surface area contributed by atoms with Gasteiger partial charge in [0.2, 0.25) is 5.91 Å². The zero-order valence-corrected chi connectivity index (χ0v) is 16.3. The van der Waals surface area contributed by atoms with Gasteiger partial charge in [0.25, 0.3) is 0 Å². The maximum absolute atomic E-state index is 11.6. The molecule has 1 amide bonds. The molecule has 3 fully saturated rings. The van der Waals surface area contributed by atoms with Gasteiger partial charge in [0.15, 0.2) is 0 Å². The SMILES string of the molecule is CC(=O)N1CCC2(CCc3ccc(OCC4CN4CC4CC4)cc3O2)CC1. The van der Waals surface area contributed by atoms with E-state index in [0.29, 0.717) is 6.04 Å². The van der Waals surface area contributed by atoms with Crippen molar-refractivity contribution in [2.75, 3.05) is 32.8 Å². The van der Waals surface area contributed by atoms with E-state index in [1.165, 1.54) is 31.5 Å². The van der Waals surface area contributed by atoms with Gasteiger partial charge in [-0.1, -0.05) is 6.07 Å². The Bertz CT molecular complexity index is 722. The fourth-order valence-corrected chi connectivity index (χ4v) is 4.58. The predicted octanol–water partition coefficient (Wildman–Crippen LogP) is 2.87. The molecule has 5 heteroatoms. The molecule has 146 valence electrons. The first-order valence-electron chi connectivity index (χ1n) is 10.5. The van der Waals surface area contributed by atoms with Crippen molar-refractivity contribution >= 4 is 5.91 Å². The number of hydrogen-bond donors (Lipinski definition) is 0. The highest BCUT2D eigenvalue weighted by Gasteiger charge is 2.40. The second-order valence-corrected chi connectivity index (χ2v) is 8.92. The number of carbonyl (C=O) groups is 1. The molecule has 1 aromatic rings. The lowest BCUT2D eigenvalue weighted by Gasteiger charge is -2.44. The van der Waals surface area contributed by atoms with Crippen LogP contribution in [-0.4, -0.2) is 60.1 Å². The van der Waals surface area contributed by atoms with Crippen LogP contribution in [0.3, 0.4) is 0 Å². The van der Waals surface area contributed by atoms with Crippen molar-refractivity contribution in [3.8, 4) is 11.5 Å². The standard InChI is InChI=1S/C22H30N2O3/c1-16(25)23-10-8-22(9-11-23)7-6-18-4-5-20(12-21(18)27-22)26-15-19-14-24(19)13-17-2-3-17/h4-5,12,17,19H,2-3,6-11,13-15H2,1H3. The van der Waals surface area contributed by atoms with Crippen LogP contribution in [0.4, 0.5) is 0 Å². The number of carbonyl (C=O) groups excluding carboxylic acids is 1. The lowest BCUT2D eigenvalue weighted by molar-refractivity contribution is -0.132. The molecule has 0 radical (unpaired) electrons. The molecule has 3 heterocycles. The minimum absolute atomic E-state index is 0.102. The number of hydrogen-bond acceptors (Lipinski definition) is 4. The first kappa shape index (κ1) is 17.4. The predicted molar refractivity (Wildman–Crippen MR) is 103 cm³/mol. The van der Waals surface area contributed by atoms with E-state index in [1.807, 2.05) is 4.90 Å². The Kier molecular flexibility index (Phi) is 4.30. The van der Waals surface area contributed by atoms with E-state index in [0.717, 1.165) is 62.8 Å². The van der Waals surface area contributed by atoms with E-state index in [4.69, 9.17) is 9.47 Å². The summed E-state index contributed by atoms with van der Waals surface area (Å²) >= 11 is 0. The zero-order chi connectivity index (χ0) is 18.4. The van der Waals surface area contributed by atoms with Crippen molar-refractivity contribution in [2.24, 2.45) is 5.92 Å². The van der Waals surface area contributed by atoms with Crippen LogP contribution in [-0.2, 0) is 11.2 Å². The lowest BCUT2D eigenvalue weighted by Crippen LogP contribution is -2.50. The normalized spacial score (nSPS) is 28.4. The summed E-state index contributed by atoms with van der Waals surface area (Å²) in [6.07, 6.45) is 6.78. The van der Waals surface area contributed by atoms with Crippen LogP contribution < -0.4 is 9.47 Å². The summed E-state index contributed by atoms with van der Waals surface area (Å²) in [6.45, 7) is 6.50. The number of ether oxygens (including phenoxy) is 2. The van der Waals surface area contributed by atoms with Crippen LogP contribution >= 0.6 is 0 Å². The van der Waals surface area contributed by atoms with E-state index >= 15 is 0 Å². The molecule has 1 spiro atoms. The highest BCUT2D eigenvalue weighted by molar-refractivity contribution is 5.73. The summed E-state index contributed by atoms with van der Waals surface area (Å²) in [5.41, 5.74) is 1.18. The molecule has 0 aromatic heterocycles. The van der Waals surface area contributed by atoms with Crippen molar-refractivity contribution in [1.82, 2.24) is 9.80 Å². The van der Waals surface area contributed by atoms with Gasteiger partial charge in [-0.3, -0.25) is 9.69 Å². The number of benzene rings is 1. The number of nitrogens with zero attached hydrogens (tertiary/aromatic N) is 2. The maximum atomic E-state index is 11.6. The number of likely N-dealkylation sites (tertiary alicyclic amines) is 1. The molecule has 5 nitrogen and oxygen atoms in total. The lowest BCUT2D eigenvalue weighted by atomic mass is 9.83. The molecular formula is C22H30N2O3. The first-order valence-corrected chi connectivity index (χ1v) is 10.5. The minimum Gasteiger partial charge on any atom is -0.492 e. The van der Waals surface area contributed by atoms with E-state index < -0.39 is 0 Å². The van der Waals surface area contributed by atoms with Crippen molar-refractivity contribution in [3.05, 3.63) is 23.8 Å². The third kappa shape index (κ3) is 3.79. The van der Waals surface area contributed by atoms with E-state index in [9.17, 15) is 4.79 Å². The Morgan fingerprint density at radius 2 is 2.07 bits per heavy atom. The van der Waals surface area contributed by atoms with E-state index in [2.05, 4.69) is 23.1 Å². The zero-order valence-electron chi connectivity index (χ0n) is 16.3. The number of aryl methyl sites for hydroxylation is 1. The summed E-state index contributed by atoms with van der Waals surface area (Å²) in [7, 11) is 0. The van der Waals surface area contributed by atoms with Crippen LogP contribution in [0.25, 0.3) is 0 Å². The maximum Gasteiger partial charge on any atom is 0.219 e. The van der Waals surface area contributed by atoms with Crippen LogP contribution in [0.1, 0.15) is 44.6 Å². The molecule has 1 saturated carbocycles. The third-order valence-corrected chi connectivity index (χ3v) is 6.80. The van der Waals surface area contributed by atoms with Crippen LogP contribution in [0.5, 0.6) is 11.5 Å². The van der Waals surface area contributed by atoms with Crippen LogP contribution in [0, 0.1) is 5.92 Å². The molecule has 2 saturated heterocycles. The van der Waals surface area contributed by atoms with Crippen molar-refractivity contribution < 1.29 is 14.3 Å². The summed E-state index contributed by atoms with van der Waals surface area (Å²) in [4.78, 5) is 16.1. The number of amides is 1. The van der Waals surface area contributed by atoms with Gasteiger partial charge in [0.1, 0.15) is 23.7 Å². The Morgan fingerprint density at radius 1 is 1.26 bits per heavy atom. The monoisotopic (exact) mass is 370 g/mol. The molecule has 1 aromatic carbocycles. The third-order valence-electron chi connectivity index (χ3n) is 6.80. The van der Waals surface area contributed by atoms with Gasteiger partial charge in [-0.15, -0.1) is 0 Å². The average Bonchev–Trinajstić information content (AvgIpc) is 3.59. The Morgan fingerprint density at radius 3 is 2.81 bits per heavy atom. The molecule has 2 unspecified atom stereocenters. The fourth-order valence-electron chi connectivity index (χ4n) is 4.58. The Labute approximate surface area is 161 Å². The molecule has 0 bridgehead atoms. The Hall–Kier alpha value is -1.75. The molecule has 3 aliphatic heterocycles. The largest absolute Gasteiger partial charge is 0.492 e. The smallest absolute Gasteiger partial charge is 0.219 e. The van der Waals surface area contributed by atoms with Gasteiger partial charge in [-0.25, -0.2) is 0 Å². The average molecular weight is 370 g/mol. The highest BCUT2D eigenvalue weighted by atomic mass is 16.5. The van der Waals surface area contributed by atoms with Crippen molar-refractivity contribution in [3.63, 3.8) is 0 Å². The van der Waals surface area contributed by atoms with Gasteiger partial charge in [-0.05, 0) is 43.2 Å². The number of rotatable bonds is 5. The topological polar surface area (TPSA) is 41.8 Å². The molecule has 4 aliphatic rings. The van der Waals surface area contributed by atoms with E-state index in [-0.39, 0.29) is 11.5 Å². The summed E-state index contributed by atoms with van der Waals surface area (Å²) < 4.78 is 12.6. The van der Waals surface area contributed by atoms with Crippen molar-refractivity contribution in [2.45, 2.75) is 57.1 Å². The summed E-state index contributed by atoms with van der Waals surface area (Å²) in [6, 6.07) is 6.94. The molecule has 27 heavy (non-hydrogen) atoms. The second kappa shape index (κ2) is 6.69. The molecule has 0 N–H and O–H groups in total. The van der Waals surface area contributed by atoms with Gasteiger partial charge in [0, 0.05) is 52.0 Å². The first-order chi connectivity index (χ1) is 13.1. The van der Waals surface area contributed by atoms with Gasteiger partial charge < -0.3 is 14.4 Å². The molecule has 2 atom stereocenters. The summed E-state index contributed by atoms with van der Waals surface area (Å²) in [5.74, 6) is 3.04. The highest BCUT2D eigenvalue weighted by Crippen LogP contribution is 2.41. The van der Waals surface area contributed by atoms with Crippen LogP contribution in [0.2, 0.25) is 0 Å². The quantitative estimate of drug-likeness (QED) is 0.748. The molecular weight excluding hydrogens is 340 g/mol. The van der Waals surface area contributed by atoms with Crippen molar-refractivity contribution in [1.29, 1.82) is 0 Å². The Balaban J connectivity index is 1.18. The minimum atomic E-state index is -0.102. The number of piperidine rings is 1. The molecule has 5 rings (SSSR count). The van der Waals surface area contributed by atoms with E-state index in [1.54, 1.807) is 6.92 Å². The van der Waals surface area contributed by atoms with Gasteiger partial charge in [-0.2, -0.15) is 0 Å².